The molecule has 3 aromatic rings. The number of carbonyl (C=O) groups is 1. The second-order valence-corrected chi connectivity index (χ2v) is 8.57. The molecular formula is C23H21N7O2. The molecule has 0 bridgehead atoms. The van der Waals surface area contributed by atoms with Crippen molar-refractivity contribution >= 4 is 11.8 Å². The van der Waals surface area contributed by atoms with Crippen LogP contribution in [0.5, 0.6) is 0 Å². The van der Waals surface area contributed by atoms with Crippen molar-refractivity contribution in [2.24, 2.45) is 11.8 Å². The number of nitrogens with one attached hydrogen (secondary N) is 1. The number of hydrogen-bond acceptors (Lipinski definition) is 7. The molecule has 1 aliphatic carbocycles. The van der Waals surface area contributed by atoms with E-state index in [4.69, 9.17) is 4.74 Å². The summed E-state index contributed by atoms with van der Waals surface area (Å²) in [5, 5.41) is 20.8. The van der Waals surface area contributed by atoms with Gasteiger partial charge in [0.2, 0.25) is 0 Å². The molecule has 6 rings (SSSR count). The number of amides is 1. The van der Waals surface area contributed by atoms with Gasteiger partial charge >= 0.3 is 6.09 Å². The van der Waals surface area contributed by atoms with E-state index < -0.39 is 5.41 Å². The number of aromatic nitrogens is 4. The normalized spacial score (nSPS) is 28.3. The van der Waals surface area contributed by atoms with E-state index in [-0.39, 0.29) is 12.2 Å². The SMILES string of the molecule is N#CC1(c2ccc(-c3ccc(N4C[C@H](Cn5ccnn5)OC4=O)cc3)cn2)[C@@H]2CNC[C@@H]21. The molecule has 32 heavy (non-hydrogen) atoms. The molecule has 9 heteroatoms. The molecule has 4 atom stereocenters. The van der Waals surface area contributed by atoms with Crippen molar-refractivity contribution < 1.29 is 9.53 Å². The van der Waals surface area contributed by atoms with Crippen LogP contribution in [0.15, 0.2) is 55.0 Å². The summed E-state index contributed by atoms with van der Waals surface area (Å²) < 4.78 is 7.12. The Morgan fingerprint density at radius 1 is 1.16 bits per heavy atom. The van der Waals surface area contributed by atoms with Gasteiger partial charge in [-0.05, 0) is 23.8 Å². The number of anilines is 1. The number of rotatable bonds is 5. The van der Waals surface area contributed by atoms with Gasteiger partial charge in [-0.1, -0.05) is 23.4 Å². The lowest BCUT2D eigenvalue weighted by atomic mass is 9.96. The van der Waals surface area contributed by atoms with E-state index in [0.717, 1.165) is 35.6 Å². The number of fused-ring (bicyclic) bond motifs is 1. The monoisotopic (exact) mass is 427 g/mol. The van der Waals surface area contributed by atoms with Gasteiger partial charge in [0.15, 0.2) is 0 Å². The first-order valence-corrected chi connectivity index (χ1v) is 10.7. The number of ether oxygens (including phenoxy) is 1. The molecule has 3 aliphatic rings. The molecule has 160 valence electrons. The molecule has 1 aromatic carbocycles. The van der Waals surface area contributed by atoms with Crippen molar-refractivity contribution in [1.82, 2.24) is 25.3 Å². The number of hydrogen-bond donors (Lipinski definition) is 1. The van der Waals surface area contributed by atoms with Crippen LogP contribution >= 0.6 is 0 Å². The maximum Gasteiger partial charge on any atom is 0.414 e. The van der Waals surface area contributed by atoms with E-state index in [0.29, 0.717) is 24.9 Å². The standard InChI is InChI=1S/C23H21N7O2/c24-14-23(19-10-25-11-20(19)23)21-6-3-16(9-26-21)15-1-4-17(5-2-15)30-13-18(32-22(30)31)12-29-8-7-27-28-29/h1-9,18-20,25H,10-13H2/t18-,19-,20+,23?/m0/s1. The lowest BCUT2D eigenvalue weighted by Crippen LogP contribution is -2.26. The smallest absolute Gasteiger partial charge is 0.414 e. The average Bonchev–Trinajstić information content (AvgIpc) is 3.35. The fraction of sp³-hybridized carbons (Fsp3) is 0.348. The van der Waals surface area contributed by atoms with Crippen LogP contribution in [-0.2, 0) is 16.7 Å². The van der Waals surface area contributed by atoms with Crippen LogP contribution in [0.1, 0.15) is 5.69 Å². The number of piperidine rings is 1. The van der Waals surface area contributed by atoms with Crippen molar-refractivity contribution in [3.8, 4) is 17.2 Å². The zero-order valence-corrected chi connectivity index (χ0v) is 17.3. The molecule has 3 fully saturated rings. The number of cyclic esters (lactones) is 1. The maximum absolute atomic E-state index is 12.3. The molecule has 1 unspecified atom stereocenters. The summed E-state index contributed by atoms with van der Waals surface area (Å²) in [6, 6.07) is 14.3. The van der Waals surface area contributed by atoms with Crippen LogP contribution in [0.2, 0.25) is 0 Å². The van der Waals surface area contributed by atoms with Crippen molar-refractivity contribution in [3.63, 3.8) is 0 Å². The van der Waals surface area contributed by atoms with Crippen molar-refractivity contribution in [1.29, 1.82) is 5.26 Å². The topological polar surface area (TPSA) is 109 Å². The Hall–Kier alpha value is -3.77. The zero-order chi connectivity index (χ0) is 21.7. The minimum atomic E-state index is -0.424. The predicted molar refractivity (Wildman–Crippen MR) is 114 cm³/mol. The van der Waals surface area contributed by atoms with Gasteiger partial charge in [0.1, 0.15) is 11.5 Å². The van der Waals surface area contributed by atoms with Crippen molar-refractivity contribution in [2.45, 2.75) is 18.1 Å². The Kier molecular flexibility index (Phi) is 4.23. The van der Waals surface area contributed by atoms with E-state index in [1.165, 1.54) is 0 Å². The van der Waals surface area contributed by atoms with Crippen LogP contribution in [-0.4, -0.2) is 51.8 Å². The van der Waals surface area contributed by atoms with Crippen LogP contribution in [0.3, 0.4) is 0 Å². The van der Waals surface area contributed by atoms with Gasteiger partial charge in [0, 0.05) is 48.6 Å². The lowest BCUT2D eigenvalue weighted by molar-refractivity contribution is 0.129. The lowest BCUT2D eigenvalue weighted by Gasteiger charge is -2.15. The third kappa shape index (κ3) is 2.87. The Morgan fingerprint density at radius 3 is 2.59 bits per heavy atom. The van der Waals surface area contributed by atoms with Crippen LogP contribution in [0.25, 0.3) is 11.1 Å². The van der Waals surface area contributed by atoms with E-state index in [2.05, 4.69) is 26.7 Å². The molecular weight excluding hydrogens is 406 g/mol. The molecule has 1 amide bonds. The second kappa shape index (κ2) is 7.14. The fourth-order valence-corrected chi connectivity index (χ4v) is 5.15. The third-order valence-electron chi connectivity index (χ3n) is 6.90. The predicted octanol–water partition coefficient (Wildman–Crippen LogP) is 1.98. The zero-order valence-electron chi connectivity index (χ0n) is 17.3. The summed E-state index contributed by atoms with van der Waals surface area (Å²) in [6.45, 7) is 2.71. The Morgan fingerprint density at radius 2 is 1.94 bits per heavy atom. The van der Waals surface area contributed by atoms with Crippen molar-refractivity contribution in [3.05, 3.63) is 60.7 Å². The van der Waals surface area contributed by atoms with E-state index in [1.54, 1.807) is 22.0 Å². The van der Waals surface area contributed by atoms with Gasteiger partial charge in [-0.3, -0.25) is 9.88 Å². The minimum absolute atomic E-state index is 0.273. The molecule has 2 aliphatic heterocycles. The number of carbonyl (C=O) groups excluding carboxylic acids is 1. The first-order chi connectivity index (χ1) is 15.7. The third-order valence-corrected chi connectivity index (χ3v) is 6.90. The highest BCUT2D eigenvalue weighted by molar-refractivity contribution is 5.90. The van der Waals surface area contributed by atoms with Gasteiger partial charge in [-0.25, -0.2) is 9.48 Å². The summed E-state index contributed by atoms with van der Waals surface area (Å²) in [5.74, 6) is 0.748. The summed E-state index contributed by atoms with van der Waals surface area (Å²) >= 11 is 0. The van der Waals surface area contributed by atoms with E-state index in [9.17, 15) is 10.1 Å². The van der Waals surface area contributed by atoms with Gasteiger partial charge in [0.05, 0.1) is 31.0 Å². The highest BCUT2D eigenvalue weighted by Crippen LogP contribution is 2.60. The molecule has 4 heterocycles. The maximum atomic E-state index is 12.3. The Balaban J connectivity index is 1.16. The highest BCUT2D eigenvalue weighted by Gasteiger charge is 2.69. The van der Waals surface area contributed by atoms with Crippen LogP contribution < -0.4 is 10.2 Å². The molecule has 2 saturated heterocycles. The average molecular weight is 427 g/mol. The van der Waals surface area contributed by atoms with Crippen molar-refractivity contribution in [2.75, 3.05) is 24.5 Å². The molecule has 1 saturated carbocycles. The summed E-state index contributed by atoms with van der Waals surface area (Å²) in [7, 11) is 0. The summed E-state index contributed by atoms with van der Waals surface area (Å²) in [6.07, 6.45) is 4.55. The first kappa shape index (κ1) is 19.0. The van der Waals surface area contributed by atoms with E-state index in [1.807, 2.05) is 42.6 Å². The van der Waals surface area contributed by atoms with Crippen LogP contribution in [0, 0.1) is 23.2 Å². The highest BCUT2D eigenvalue weighted by atomic mass is 16.6. The fourth-order valence-electron chi connectivity index (χ4n) is 5.15. The number of benzene rings is 1. The largest absolute Gasteiger partial charge is 0.442 e. The molecule has 1 N–H and O–H groups in total. The number of nitrogens with zero attached hydrogens (tertiary/aromatic N) is 6. The van der Waals surface area contributed by atoms with Gasteiger partial charge in [-0.15, -0.1) is 5.10 Å². The quantitative estimate of drug-likeness (QED) is 0.663. The first-order valence-electron chi connectivity index (χ1n) is 10.7. The summed E-state index contributed by atoms with van der Waals surface area (Å²) in [4.78, 5) is 18.6. The second-order valence-electron chi connectivity index (χ2n) is 8.57. The minimum Gasteiger partial charge on any atom is -0.442 e. The number of nitriles is 1. The molecule has 0 radical (unpaired) electrons. The van der Waals surface area contributed by atoms with Crippen LogP contribution in [0.4, 0.5) is 10.5 Å². The van der Waals surface area contributed by atoms with Gasteiger partial charge in [-0.2, -0.15) is 5.26 Å². The molecule has 9 nitrogen and oxygen atoms in total. The number of pyridine rings is 1. The Labute approximate surface area is 184 Å². The van der Waals surface area contributed by atoms with Gasteiger partial charge < -0.3 is 10.1 Å². The molecule has 2 aromatic heterocycles. The van der Waals surface area contributed by atoms with Gasteiger partial charge in [0.25, 0.3) is 0 Å². The Bertz CT molecular complexity index is 1170. The summed E-state index contributed by atoms with van der Waals surface area (Å²) in [5.41, 5.74) is 3.21. The van der Waals surface area contributed by atoms with E-state index >= 15 is 0 Å². The molecule has 0 spiro atoms.